The zero-order chi connectivity index (χ0) is 14.5. The molecular weight excluding hydrogens is 285 g/mol. The van der Waals surface area contributed by atoms with Gasteiger partial charge in [0.25, 0.3) is 5.91 Å². The molecule has 1 amide bonds. The van der Waals surface area contributed by atoms with Gasteiger partial charge in [0.05, 0.1) is 0 Å². The number of benzene rings is 2. The van der Waals surface area contributed by atoms with Gasteiger partial charge in [0.2, 0.25) is 0 Å². The first-order chi connectivity index (χ1) is 9.54. The van der Waals surface area contributed by atoms with Gasteiger partial charge < -0.3 is 15.2 Å². The summed E-state index contributed by atoms with van der Waals surface area (Å²) >= 11 is 5.78. The van der Waals surface area contributed by atoms with Gasteiger partial charge in [-0.25, -0.2) is 4.39 Å². The van der Waals surface area contributed by atoms with E-state index in [1.165, 1.54) is 6.07 Å². The fraction of sp³-hybridized carbons (Fsp3) is 0.0714. The molecule has 0 atom stereocenters. The van der Waals surface area contributed by atoms with Gasteiger partial charge in [-0.2, -0.15) is 0 Å². The molecule has 0 aliphatic heterocycles. The molecule has 0 heterocycles. The van der Waals surface area contributed by atoms with Crippen molar-refractivity contribution in [3.05, 3.63) is 53.3 Å². The van der Waals surface area contributed by atoms with E-state index in [1.807, 2.05) is 0 Å². The van der Waals surface area contributed by atoms with E-state index in [9.17, 15) is 9.18 Å². The molecule has 2 N–H and O–H groups in total. The van der Waals surface area contributed by atoms with Crippen LogP contribution < -0.4 is 10.1 Å². The summed E-state index contributed by atoms with van der Waals surface area (Å²) < 4.78 is 18.3. The lowest BCUT2D eigenvalue weighted by Gasteiger charge is -2.08. The van der Waals surface area contributed by atoms with Crippen molar-refractivity contribution in [1.29, 1.82) is 0 Å². The first-order valence-corrected chi connectivity index (χ1v) is 6.09. The van der Waals surface area contributed by atoms with E-state index in [0.717, 1.165) is 12.1 Å². The van der Waals surface area contributed by atoms with E-state index in [1.54, 1.807) is 24.3 Å². The Balaban J connectivity index is 1.91. The topological polar surface area (TPSA) is 58.6 Å². The minimum atomic E-state index is -0.807. The number of hydrogen-bond acceptors (Lipinski definition) is 3. The Morgan fingerprint density at radius 1 is 1.30 bits per heavy atom. The fourth-order valence-corrected chi connectivity index (χ4v) is 1.67. The molecule has 0 radical (unpaired) electrons. The molecule has 0 aromatic heterocycles. The number of nitrogens with one attached hydrogen (secondary N) is 1. The van der Waals surface area contributed by atoms with Crippen LogP contribution in [0.2, 0.25) is 5.02 Å². The average molecular weight is 296 g/mol. The highest BCUT2D eigenvalue weighted by molar-refractivity contribution is 6.30. The Hall–Kier alpha value is -2.27. The van der Waals surface area contributed by atoms with E-state index >= 15 is 0 Å². The number of aromatic hydroxyl groups is 1. The van der Waals surface area contributed by atoms with E-state index in [4.69, 9.17) is 21.4 Å². The summed E-state index contributed by atoms with van der Waals surface area (Å²) in [5, 5.41) is 12.0. The predicted molar refractivity (Wildman–Crippen MR) is 73.6 cm³/mol. The Bertz CT molecular complexity index is 634. The molecule has 6 heteroatoms. The summed E-state index contributed by atoms with van der Waals surface area (Å²) in [5.74, 6) is -1.27. The number of amides is 1. The molecule has 0 aliphatic rings. The smallest absolute Gasteiger partial charge is 0.262 e. The molecule has 0 spiro atoms. The number of phenols is 1. The number of carbonyl (C=O) groups excluding carboxylic acids is 1. The largest absolute Gasteiger partial charge is 0.505 e. The van der Waals surface area contributed by atoms with Crippen molar-refractivity contribution in [3.63, 3.8) is 0 Å². The molecule has 0 fully saturated rings. The third-order valence-corrected chi connectivity index (χ3v) is 2.63. The zero-order valence-electron chi connectivity index (χ0n) is 10.3. The van der Waals surface area contributed by atoms with E-state index < -0.39 is 17.5 Å². The highest BCUT2D eigenvalue weighted by atomic mass is 35.5. The predicted octanol–water partition coefficient (Wildman–Crippen LogP) is 3.20. The first-order valence-electron chi connectivity index (χ1n) is 5.71. The molecule has 104 valence electrons. The normalized spacial score (nSPS) is 10.1. The lowest BCUT2D eigenvalue weighted by molar-refractivity contribution is -0.118. The Kier molecular flexibility index (Phi) is 4.42. The van der Waals surface area contributed by atoms with Crippen LogP contribution in [-0.2, 0) is 4.79 Å². The van der Waals surface area contributed by atoms with Crippen LogP contribution in [-0.4, -0.2) is 17.6 Å². The molecule has 0 aliphatic carbocycles. The standard InChI is InChI=1S/C14H11ClFNO3/c15-9-2-1-3-11(6-9)20-8-14(19)17-10-4-5-13(18)12(16)7-10/h1-7,18H,8H2,(H,17,19). The van der Waals surface area contributed by atoms with Crippen LogP contribution in [0.25, 0.3) is 0 Å². The molecule has 2 aromatic carbocycles. The van der Waals surface area contributed by atoms with E-state index in [-0.39, 0.29) is 12.3 Å². The van der Waals surface area contributed by atoms with Crippen LogP contribution in [0.3, 0.4) is 0 Å². The molecule has 4 nitrogen and oxygen atoms in total. The van der Waals surface area contributed by atoms with Crippen LogP contribution in [0.1, 0.15) is 0 Å². The van der Waals surface area contributed by atoms with Gasteiger partial charge in [0.1, 0.15) is 5.75 Å². The number of carbonyl (C=O) groups is 1. The number of anilines is 1. The Morgan fingerprint density at radius 3 is 2.80 bits per heavy atom. The number of hydrogen-bond donors (Lipinski definition) is 2. The van der Waals surface area contributed by atoms with Gasteiger partial charge in [-0.05, 0) is 30.3 Å². The van der Waals surface area contributed by atoms with Crippen LogP contribution in [0.15, 0.2) is 42.5 Å². The molecule has 2 aromatic rings. The molecule has 2 rings (SSSR count). The number of halogens is 2. The van der Waals surface area contributed by atoms with Crippen molar-refractivity contribution in [2.75, 3.05) is 11.9 Å². The van der Waals surface area contributed by atoms with Crippen molar-refractivity contribution in [3.8, 4) is 11.5 Å². The lowest BCUT2D eigenvalue weighted by atomic mass is 10.3. The molecule has 0 saturated heterocycles. The zero-order valence-corrected chi connectivity index (χ0v) is 11.0. The fourth-order valence-electron chi connectivity index (χ4n) is 1.49. The van der Waals surface area contributed by atoms with Crippen LogP contribution in [0, 0.1) is 5.82 Å². The third kappa shape index (κ3) is 3.86. The maximum atomic E-state index is 13.1. The monoisotopic (exact) mass is 295 g/mol. The van der Waals surface area contributed by atoms with E-state index in [2.05, 4.69) is 5.32 Å². The SMILES string of the molecule is O=C(COc1cccc(Cl)c1)Nc1ccc(O)c(F)c1. The molecule has 0 bridgehead atoms. The van der Waals surface area contributed by atoms with Crippen molar-refractivity contribution >= 4 is 23.2 Å². The van der Waals surface area contributed by atoms with Crippen LogP contribution in [0.4, 0.5) is 10.1 Å². The maximum absolute atomic E-state index is 13.1. The van der Waals surface area contributed by atoms with Gasteiger partial charge in [0, 0.05) is 16.8 Å². The highest BCUT2D eigenvalue weighted by Gasteiger charge is 2.06. The van der Waals surface area contributed by atoms with Crippen molar-refractivity contribution in [1.82, 2.24) is 0 Å². The number of phenolic OH excluding ortho intramolecular Hbond substituents is 1. The van der Waals surface area contributed by atoms with Gasteiger partial charge in [-0.1, -0.05) is 17.7 Å². The molecule has 0 saturated carbocycles. The van der Waals surface area contributed by atoms with Crippen molar-refractivity contribution < 1.29 is 19.0 Å². The summed E-state index contributed by atoms with van der Waals surface area (Å²) in [6.07, 6.45) is 0. The second kappa shape index (κ2) is 6.25. The van der Waals surface area contributed by atoms with E-state index in [0.29, 0.717) is 10.8 Å². The molecule has 20 heavy (non-hydrogen) atoms. The Labute approximate surface area is 119 Å². The van der Waals surface area contributed by atoms with Crippen LogP contribution in [0.5, 0.6) is 11.5 Å². The highest BCUT2D eigenvalue weighted by Crippen LogP contribution is 2.20. The third-order valence-electron chi connectivity index (χ3n) is 2.40. The summed E-state index contributed by atoms with van der Waals surface area (Å²) in [6.45, 7) is -0.233. The summed E-state index contributed by atoms with van der Waals surface area (Å²) in [5.41, 5.74) is 0.236. The minimum Gasteiger partial charge on any atom is -0.505 e. The second-order valence-electron chi connectivity index (χ2n) is 3.96. The number of ether oxygens (including phenoxy) is 1. The minimum absolute atomic E-state index is 0.233. The lowest BCUT2D eigenvalue weighted by Crippen LogP contribution is -2.20. The van der Waals surface area contributed by atoms with Gasteiger partial charge in [-0.3, -0.25) is 4.79 Å². The average Bonchev–Trinajstić information content (AvgIpc) is 2.41. The van der Waals surface area contributed by atoms with Crippen LogP contribution >= 0.6 is 11.6 Å². The number of rotatable bonds is 4. The quantitative estimate of drug-likeness (QED) is 0.852. The summed E-state index contributed by atoms with van der Waals surface area (Å²) in [6, 6.07) is 10.2. The van der Waals surface area contributed by atoms with Crippen molar-refractivity contribution in [2.24, 2.45) is 0 Å². The first kappa shape index (κ1) is 14.1. The van der Waals surface area contributed by atoms with Gasteiger partial charge >= 0.3 is 0 Å². The summed E-state index contributed by atoms with van der Waals surface area (Å²) in [4.78, 5) is 11.6. The van der Waals surface area contributed by atoms with Crippen molar-refractivity contribution in [2.45, 2.75) is 0 Å². The van der Waals surface area contributed by atoms with Gasteiger partial charge in [-0.15, -0.1) is 0 Å². The second-order valence-corrected chi connectivity index (χ2v) is 4.40. The Morgan fingerprint density at radius 2 is 2.10 bits per heavy atom. The molecule has 0 unspecified atom stereocenters. The maximum Gasteiger partial charge on any atom is 0.262 e. The summed E-state index contributed by atoms with van der Waals surface area (Å²) in [7, 11) is 0. The molecular formula is C14H11ClFNO3. The van der Waals surface area contributed by atoms with Gasteiger partial charge in [0.15, 0.2) is 18.2 Å².